The van der Waals surface area contributed by atoms with Crippen LogP contribution in [-0.2, 0) is 4.79 Å². The summed E-state index contributed by atoms with van der Waals surface area (Å²) in [5.41, 5.74) is 1.59. The van der Waals surface area contributed by atoms with Crippen molar-refractivity contribution < 1.29 is 4.79 Å². The molecule has 1 saturated carbocycles. The summed E-state index contributed by atoms with van der Waals surface area (Å²) in [6, 6.07) is 0.437. The predicted molar refractivity (Wildman–Crippen MR) is 98.6 cm³/mol. The number of fused-ring (bicyclic) bond motifs is 1. The van der Waals surface area contributed by atoms with Crippen molar-refractivity contribution in [2.75, 3.05) is 25.0 Å². The second kappa shape index (κ2) is 6.17. The van der Waals surface area contributed by atoms with E-state index in [9.17, 15) is 4.79 Å². The Morgan fingerprint density at radius 1 is 1.35 bits per heavy atom. The van der Waals surface area contributed by atoms with E-state index in [1.807, 2.05) is 23.4 Å². The summed E-state index contributed by atoms with van der Waals surface area (Å²) in [5, 5.41) is 12.0. The van der Waals surface area contributed by atoms with Crippen molar-refractivity contribution in [3.63, 3.8) is 0 Å². The van der Waals surface area contributed by atoms with E-state index in [0.29, 0.717) is 12.0 Å². The minimum atomic E-state index is 0.0384. The lowest BCUT2D eigenvalue weighted by atomic mass is 9.82. The normalized spacial score (nSPS) is 22.3. The van der Waals surface area contributed by atoms with Gasteiger partial charge in [-0.1, -0.05) is 32.9 Å². The molecule has 4 rings (SSSR count). The number of anilines is 1. The predicted octanol–water partition coefficient (Wildman–Crippen LogP) is 2.11. The van der Waals surface area contributed by atoms with E-state index in [2.05, 4.69) is 39.4 Å². The maximum absolute atomic E-state index is 12.4. The van der Waals surface area contributed by atoms with Gasteiger partial charge in [0, 0.05) is 31.5 Å². The molecule has 0 radical (unpaired) electrons. The summed E-state index contributed by atoms with van der Waals surface area (Å²) in [6.45, 7) is 10.7. The zero-order valence-corrected chi connectivity index (χ0v) is 15.9. The molecule has 0 bridgehead atoms. The monoisotopic (exact) mass is 357 g/mol. The van der Waals surface area contributed by atoms with E-state index < -0.39 is 0 Å². The number of hydrogen-bond donors (Lipinski definition) is 1. The van der Waals surface area contributed by atoms with Crippen LogP contribution in [0.2, 0.25) is 0 Å². The molecule has 140 valence electrons. The van der Waals surface area contributed by atoms with Crippen molar-refractivity contribution in [1.82, 2.24) is 29.9 Å². The Morgan fingerprint density at radius 2 is 2.12 bits per heavy atom. The highest BCUT2D eigenvalue weighted by Crippen LogP contribution is 2.37. The Morgan fingerprint density at radius 3 is 2.81 bits per heavy atom. The molecule has 26 heavy (non-hydrogen) atoms. The Labute approximate surface area is 153 Å². The van der Waals surface area contributed by atoms with Gasteiger partial charge in [-0.05, 0) is 18.3 Å². The SMILES string of the molecule is CC(C)C(=O)N1CC(CNc2ncnc3c2nnn3C2CC2)C(C)(C)C1. The number of nitrogens with one attached hydrogen (secondary N) is 1. The van der Waals surface area contributed by atoms with E-state index >= 15 is 0 Å². The van der Waals surface area contributed by atoms with Gasteiger partial charge in [0.05, 0.1) is 6.04 Å². The van der Waals surface area contributed by atoms with Crippen LogP contribution in [0.15, 0.2) is 6.33 Å². The number of amides is 1. The second-order valence-corrected chi connectivity index (χ2v) is 8.60. The molecule has 2 aromatic heterocycles. The average molecular weight is 357 g/mol. The summed E-state index contributed by atoms with van der Waals surface area (Å²) in [5.74, 6) is 1.36. The van der Waals surface area contributed by atoms with E-state index in [-0.39, 0.29) is 17.2 Å². The average Bonchev–Trinajstić information content (AvgIpc) is 3.27. The van der Waals surface area contributed by atoms with Crippen LogP contribution < -0.4 is 5.32 Å². The Balaban J connectivity index is 1.48. The molecule has 1 aliphatic carbocycles. The van der Waals surface area contributed by atoms with Gasteiger partial charge >= 0.3 is 0 Å². The Kier molecular flexibility index (Phi) is 4.08. The molecule has 8 nitrogen and oxygen atoms in total. The number of carbonyl (C=O) groups is 1. The van der Waals surface area contributed by atoms with Gasteiger partial charge in [0.2, 0.25) is 5.91 Å². The third-order valence-electron chi connectivity index (χ3n) is 5.62. The first-order valence-corrected chi connectivity index (χ1v) is 9.45. The fourth-order valence-corrected chi connectivity index (χ4v) is 3.75. The maximum atomic E-state index is 12.4. The molecule has 8 heteroatoms. The van der Waals surface area contributed by atoms with Crippen molar-refractivity contribution in [2.45, 2.75) is 46.6 Å². The van der Waals surface area contributed by atoms with Crippen molar-refractivity contribution >= 4 is 22.9 Å². The zero-order valence-electron chi connectivity index (χ0n) is 15.9. The molecule has 1 amide bonds. The molecule has 1 aliphatic heterocycles. The Bertz CT molecular complexity index is 824. The first-order chi connectivity index (χ1) is 12.4. The molecule has 2 aromatic rings. The standard InChI is InChI=1S/C18H27N7O/c1-11(2)17(26)24-8-12(18(3,4)9-24)7-19-15-14-16(21-10-20-15)25(23-22-14)13-5-6-13/h10-13H,5-9H2,1-4H3,(H,19,20,21). The molecule has 1 unspecified atom stereocenters. The van der Waals surface area contributed by atoms with Gasteiger partial charge in [-0.25, -0.2) is 14.6 Å². The number of aromatic nitrogens is 5. The number of nitrogens with zero attached hydrogens (tertiary/aromatic N) is 6. The van der Waals surface area contributed by atoms with Crippen LogP contribution in [0.5, 0.6) is 0 Å². The first-order valence-electron chi connectivity index (χ1n) is 9.45. The van der Waals surface area contributed by atoms with E-state index in [1.54, 1.807) is 6.33 Å². The molecule has 3 heterocycles. The molecule has 1 N–H and O–H groups in total. The molecule has 2 aliphatic rings. The smallest absolute Gasteiger partial charge is 0.225 e. The fourth-order valence-electron chi connectivity index (χ4n) is 3.75. The van der Waals surface area contributed by atoms with E-state index in [0.717, 1.165) is 49.5 Å². The summed E-state index contributed by atoms with van der Waals surface area (Å²) in [7, 11) is 0. The lowest BCUT2D eigenvalue weighted by Crippen LogP contribution is -2.33. The lowest BCUT2D eigenvalue weighted by molar-refractivity contribution is -0.133. The third-order valence-corrected chi connectivity index (χ3v) is 5.62. The second-order valence-electron chi connectivity index (χ2n) is 8.60. The number of likely N-dealkylation sites (tertiary alicyclic amines) is 1. The lowest BCUT2D eigenvalue weighted by Gasteiger charge is -2.25. The van der Waals surface area contributed by atoms with Crippen LogP contribution in [0.3, 0.4) is 0 Å². The third kappa shape index (κ3) is 3.01. The highest BCUT2D eigenvalue weighted by atomic mass is 16.2. The molecule has 2 fully saturated rings. The topological polar surface area (TPSA) is 88.8 Å². The van der Waals surface area contributed by atoms with Gasteiger partial charge in [-0.2, -0.15) is 0 Å². The van der Waals surface area contributed by atoms with Crippen LogP contribution in [0.1, 0.15) is 46.6 Å². The van der Waals surface area contributed by atoms with Gasteiger partial charge in [-0.15, -0.1) is 5.10 Å². The fraction of sp³-hybridized carbons (Fsp3) is 0.722. The van der Waals surface area contributed by atoms with Crippen LogP contribution in [0.4, 0.5) is 5.82 Å². The highest BCUT2D eigenvalue weighted by molar-refractivity contribution is 5.82. The van der Waals surface area contributed by atoms with Gasteiger partial charge in [0.25, 0.3) is 0 Å². The summed E-state index contributed by atoms with van der Waals surface area (Å²) >= 11 is 0. The number of rotatable bonds is 5. The van der Waals surface area contributed by atoms with E-state index in [1.165, 1.54) is 0 Å². The zero-order chi connectivity index (χ0) is 18.5. The van der Waals surface area contributed by atoms with E-state index in [4.69, 9.17) is 0 Å². The summed E-state index contributed by atoms with van der Waals surface area (Å²) in [4.78, 5) is 23.1. The van der Waals surface area contributed by atoms with Crippen molar-refractivity contribution in [3.8, 4) is 0 Å². The molecular formula is C18H27N7O. The van der Waals surface area contributed by atoms with Gasteiger partial charge in [0.15, 0.2) is 17.0 Å². The van der Waals surface area contributed by atoms with Crippen molar-refractivity contribution in [2.24, 2.45) is 17.3 Å². The summed E-state index contributed by atoms with van der Waals surface area (Å²) < 4.78 is 1.91. The molecule has 0 spiro atoms. The first kappa shape index (κ1) is 17.2. The molecule has 1 saturated heterocycles. The van der Waals surface area contributed by atoms with Gasteiger partial charge < -0.3 is 10.2 Å². The van der Waals surface area contributed by atoms with Crippen LogP contribution in [-0.4, -0.2) is 55.4 Å². The molecule has 0 aromatic carbocycles. The van der Waals surface area contributed by atoms with Crippen LogP contribution in [0, 0.1) is 17.3 Å². The van der Waals surface area contributed by atoms with Crippen LogP contribution in [0.25, 0.3) is 11.2 Å². The Hall–Kier alpha value is -2.25. The molecular weight excluding hydrogens is 330 g/mol. The minimum Gasteiger partial charge on any atom is -0.368 e. The quantitative estimate of drug-likeness (QED) is 0.882. The largest absolute Gasteiger partial charge is 0.368 e. The van der Waals surface area contributed by atoms with Gasteiger partial charge in [-0.3, -0.25) is 4.79 Å². The summed E-state index contributed by atoms with van der Waals surface area (Å²) in [6.07, 6.45) is 3.85. The highest BCUT2D eigenvalue weighted by Gasteiger charge is 2.41. The minimum absolute atomic E-state index is 0.0384. The maximum Gasteiger partial charge on any atom is 0.225 e. The van der Waals surface area contributed by atoms with Crippen molar-refractivity contribution in [1.29, 1.82) is 0 Å². The van der Waals surface area contributed by atoms with Crippen LogP contribution >= 0.6 is 0 Å². The number of carbonyl (C=O) groups excluding carboxylic acids is 1. The number of hydrogen-bond acceptors (Lipinski definition) is 6. The van der Waals surface area contributed by atoms with Crippen molar-refractivity contribution in [3.05, 3.63) is 6.33 Å². The van der Waals surface area contributed by atoms with Gasteiger partial charge in [0.1, 0.15) is 6.33 Å². The molecule has 1 atom stereocenters.